The monoisotopic (exact) mass is 469 g/mol. The number of pyridine rings is 1. The van der Waals surface area contributed by atoms with Crippen molar-refractivity contribution in [3.63, 3.8) is 0 Å². The summed E-state index contributed by atoms with van der Waals surface area (Å²) < 4.78 is 0.728. The Balaban J connectivity index is 1.18. The molecule has 1 aliphatic rings. The maximum absolute atomic E-state index is 12.0. The number of carbonyl (C=O) groups is 1. The molecule has 4 rings (SSSR count). The van der Waals surface area contributed by atoms with Gasteiger partial charge >= 0.3 is 0 Å². The first kappa shape index (κ1) is 24.7. The number of piperidine rings is 1. The van der Waals surface area contributed by atoms with Crippen LogP contribution in [0.2, 0.25) is 0 Å². The lowest BCUT2D eigenvalue weighted by molar-refractivity contribution is -0.605. The van der Waals surface area contributed by atoms with Gasteiger partial charge in [-0.05, 0) is 61.5 Å². The summed E-state index contributed by atoms with van der Waals surface area (Å²) in [5.74, 6) is 0.637. The zero-order chi connectivity index (χ0) is 24.3. The van der Waals surface area contributed by atoms with Gasteiger partial charge in [0.25, 0.3) is 0 Å². The van der Waals surface area contributed by atoms with Gasteiger partial charge in [-0.3, -0.25) is 9.69 Å². The molecule has 0 radical (unpaired) electrons. The van der Waals surface area contributed by atoms with E-state index in [4.69, 9.17) is 0 Å². The summed E-state index contributed by atoms with van der Waals surface area (Å²) in [5, 5.41) is 14.2. The highest BCUT2D eigenvalue weighted by Crippen LogP contribution is 2.33. The van der Waals surface area contributed by atoms with Crippen LogP contribution in [-0.2, 0) is 4.79 Å². The van der Waals surface area contributed by atoms with E-state index in [2.05, 4.69) is 70.9 Å². The SMILES string of the molecule is O=C(C=Cc1ccc[n+]([O-])c1)NCCCCC1CCN(C(c2ccccc2)c2ccccc2)CC1. The number of unbranched alkanes of at least 4 members (excludes halogenated alkanes) is 1. The van der Waals surface area contributed by atoms with E-state index in [0.29, 0.717) is 18.2 Å². The minimum absolute atomic E-state index is 0.118. The van der Waals surface area contributed by atoms with E-state index in [1.54, 1.807) is 18.2 Å². The molecular formula is C30H35N3O2. The van der Waals surface area contributed by atoms with Crippen LogP contribution in [0.25, 0.3) is 6.08 Å². The van der Waals surface area contributed by atoms with Gasteiger partial charge in [0.1, 0.15) is 0 Å². The molecule has 0 bridgehead atoms. The van der Waals surface area contributed by atoms with Gasteiger partial charge in [0, 0.05) is 24.3 Å². The Bertz CT molecular complexity index is 1040. The third-order valence-corrected chi connectivity index (χ3v) is 6.81. The summed E-state index contributed by atoms with van der Waals surface area (Å²) >= 11 is 0. The fourth-order valence-corrected chi connectivity index (χ4v) is 4.96. The molecule has 3 aromatic rings. The summed E-state index contributed by atoms with van der Waals surface area (Å²) in [6.07, 6.45) is 11.8. The number of aromatic nitrogens is 1. The van der Waals surface area contributed by atoms with Crippen molar-refractivity contribution in [2.45, 2.75) is 38.1 Å². The van der Waals surface area contributed by atoms with Crippen LogP contribution in [0.3, 0.4) is 0 Å². The lowest BCUT2D eigenvalue weighted by Gasteiger charge is -2.38. The van der Waals surface area contributed by atoms with Gasteiger partial charge in [-0.1, -0.05) is 73.5 Å². The molecule has 1 amide bonds. The molecule has 1 aliphatic heterocycles. The van der Waals surface area contributed by atoms with Crippen molar-refractivity contribution in [2.24, 2.45) is 5.92 Å². The van der Waals surface area contributed by atoms with Gasteiger partial charge in [-0.25, -0.2) is 0 Å². The van der Waals surface area contributed by atoms with Gasteiger partial charge in [-0.15, -0.1) is 0 Å². The van der Waals surface area contributed by atoms with Crippen molar-refractivity contribution < 1.29 is 9.52 Å². The second-order valence-corrected chi connectivity index (χ2v) is 9.32. The Hall–Kier alpha value is -3.44. The molecule has 0 unspecified atom stereocenters. The molecule has 35 heavy (non-hydrogen) atoms. The maximum Gasteiger partial charge on any atom is 0.244 e. The number of hydrogen-bond donors (Lipinski definition) is 1. The van der Waals surface area contributed by atoms with Crippen LogP contribution >= 0.6 is 0 Å². The van der Waals surface area contributed by atoms with Crippen molar-refractivity contribution in [3.8, 4) is 0 Å². The zero-order valence-electron chi connectivity index (χ0n) is 20.3. The van der Waals surface area contributed by atoms with Crippen molar-refractivity contribution in [2.75, 3.05) is 19.6 Å². The van der Waals surface area contributed by atoms with E-state index in [-0.39, 0.29) is 5.91 Å². The Labute approximate surface area is 208 Å². The summed E-state index contributed by atoms with van der Waals surface area (Å²) in [6, 6.07) is 25.5. The van der Waals surface area contributed by atoms with Gasteiger partial charge in [-0.2, -0.15) is 4.73 Å². The van der Waals surface area contributed by atoms with E-state index in [1.165, 1.54) is 48.9 Å². The fourth-order valence-electron chi connectivity index (χ4n) is 4.96. The maximum atomic E-state index is 12.0. The Morgan fingerprint density at radius 2 is 1.63 bits per heavy atom. The van der Waals surface area contributed by atoms with E-state index in [1.807, 2.05) is 0 Å². The molecule has 5 heteroatoms. The van der Waals surface area contributed by atoms with Gasteiger partial charge in [0.15, 0.2) is 12.4 Å². The molecule has 1 N–H and O–H groups in total. The van der Waals surface area contributed by atoms with Crippen molar-refractivity contribution >= 4 is 12.0 Å². The molecule has 5 nitrogen and oxygen atoms in total. The first-order chi connectivity index (χ1) is 17.2. The Kier molecular flexibility index (Phi) is 9.07. The van der Waals surface area contributed by atoms with Gasteiger partial charge in [0.2, 0.25) is 5.91 Å². The molecule has 1 fully saturated rings. The van der Waals surface area contributed by atoms with Crippen molar-refractivity contribution in [1.82, 2.24) is 10.2 Å². The number of rotatable bonds is 10. The highest BCUT2D eigenvalue weighted by Gasteiger charge is 2.27. The molecule has 2 heterocycles. The van der Waals surface area contributed by atoms with Crippen LogP contribution in [0.1, 0.15) is 54.8 Å². The third kappa shape index (κ3) is 7.52. The molecular weight excluding hydrogens is 434 g/mol. The lowest BCUT2D eigenvalue weighted by atomic mass is 9.88. The minimum atomic E-state index is -0.118. The summed E-state index contributed by atoms with van der Waals surface area (Å²) in [7, 11) is 0. The van der Waals surface area contributed by atoms with Crippen LogP contribution in [0.4, 0.5) is 0 Å². The largest absolute Gasteiger partial charge is 0.619 e. The Morgan fingerprint density at radius 3 is 2.26 bits per heavy atom. The van der Waals surface area contributed by atoms with E-state index in [9.17, 15) is 10.0 Å². The molecule has 0 saturated carbocycles. The number of amides is 1. The molecule has 2 aromatic carbocycles. The smallest absolute Gasteiger partial charge is 0.244 e. The molecule has 1 aromatic heterocycles. The highest BCUT2D eigenvalue weighted by molar-refractivity contribution is 5.91. The number of nitrogens with one attached hydrogen (secondary N) is 1. The van der Waals surface area contributed by atoms with Crippen molar-refractivity contribution in [3.05, 3.63) is 113 Å². The third-order valence-electron chi connectivity index (χ3n) is 6.81. The number of likely N-dealkylation sites (tertiary alicyclic amines) is 1. The van der Waals surface area contributed by atoms with Gasteiger partial charge < -0.3 is 10.5 Å². The summed E-state index contributed by atoms with van der Waals surface area (Å²) in [4.78, 5) is 14.6. The number of hydrogen-bond acceptors (Lipinski definition) is 3. The minimum Gasteiger partial charge on any atom is -0.619 e. The van der Waals surface area contributed by atoms with Crippen LogP contribution in [0.5, 0.6) is 0 Å². The fraction of sp³-hybridized carbons (Fsp3) is 0.333. The second-order valence-electron chi connectivity index (χ2n) is 9.32. The zero-order valence-corrected chi connectivity index (χ0v) is 20.3. The normalized spacial score (nSPS) is 15.0. The number of benzene rings is 2. The van der Waals surface area contributed by atoms with Crippen molar-refractivity contribution in [1.29, 1.82) is 0 Å². The van der Waals surface area contributed by atoms with E-state index >= 15 is 0 Å². The topological polar surface area (TPSA) is 59.3 Å². The predicted molar refractivity (Wildman–Crippen MR) is 140 cm³/mol. The highest BCUT2D eigenvalue weighted by atomic mass is 16.5. The second kappa shape index (κ2) is 12.9. The summed E-state index contributed by atoms with van der Waals surface area (Å²) in [6.45, 7) is 2.91. The average molecular weight is 470 g/mol. The van der Waals surface area contributed by atoms with Crippen LogP contribution in [0, 0.1) is 11.1 Å². The summed E-state index contributed by atoms with van der Waals surface area (Å²) in [5.41, 5.74) is 3.44. The van der Waals surface area contributed by atoms with E-state index < -0.39 is 0 Å². The van der Waals surface area contributed by atoms with Crippen LogP contribution < -0.4 is 10.0 Å². The van der Waals surface area contributed by atoms with E-state index in [0.717, 1.165) is 36.6 Å². The lowest BCUT2D eigenvalue weighted by Crippen LogP contribution is -2.37. The van der Waals surface area contributed by atoms with Crippen LogP contribution in [0.15, 0.2) is 91.3 Å². The van der Waals surface area contributed by atoms with Gasteiger partial charge in [0.05, 0.1) is 6.04 Å². The van der Waals surface area contributed by atoms with Crippen LogP contribution in [-0.4, -0.2) is 30.4 Å². The molecule has 0 atom stereocenters. The average Bonchev–Trinajstić information content (AvgIpc) is 2.90. The quantitative estimate of drug-likeness (QED) is 0.194. The first-order valence-electron chi connectivity index (χ1n) is 12.7. The standard InChI is InChI=1S/C30H35N3O2/c34-29(17-16-26-11-9-21-33(35)24-26)31-20-8-7-10-25-18-22-32(23-19-25)30(27-12-3-1-4-13-27)28-14-5-2-6-15-28/h1-6,9,11-17,21,24-25,30H,7-8,10,18-20,22-23H2,(H,31,34). The molecule has 182 valence electrons. The predicted octanol–water partition coefficient (Wildman–Crippen LogP) is 5.12. The molecule has 1 saturated heterocycles. The molecule has 0 spiro atoms. The number of nitrogens with zero attached hydrogens (tertiary/aromatic N) is 2. The Morgan fingerprint density at radius 1 is 0.971 bits per heavy atom. The first-order valence-corrected chi connectivity index (χ1v) is 12.7. The number of carbonyl (C=O) groups excluding carboxylic acids is 1. The molecule has 0 aliphatic carbocycles.